The van der Waals surface area contributed by atoms with Crippen LogP contribution >= 0.6 is 0 Å². The second-order valence-electron chi connectivity index (χ2n) is 7.02. The number of ketones is 1. The first-order chi connectivity index (χ1) is 14.5. The highest BCUT2D eigenvalue weighted by Gasteiger charge is 2.46. The Morgan fingerprint density at radius 3 is 2.50 bits per heavy atom. The molecule has 7 nitrogen and oxygen atoms in total. The molecule has 1 unspecified atom stereocenters. The molecule has 30 heavy (non-hydrogen) atoms. The minimum atomic E-state index is -0.871. The van der Waals surface area contributed by atoms with E-state index in [0.29, 0.717) is 16.9 Å². The molecule has 0 saturated heterocycles. The Kier molecular flexibility index (Phi) is 4.03. The summed E-state index contributed by atoms with van der Waals surface area (Å²) in [4.78, 5) is 27.6. The van der Waals surface area contributed by atoms with Gasteiger partial charge in [0.1, 0.15) is 11.3 Å². The van der Waals surface area contributed by atoms with Gasteiger partial charge in [0.15, 0.2) is 17.3 Å². The fourth-order valence-corrected chi connectivity index (χ4v) is 3.72. The van der Waals surface area contributed by atoms with Gasteiger partial charge >= 0.3 is 0 Å². The van der Waals surface area contributed by atoms with Crippen LogP contribution in [0.15, 0.2) is 87.0 Å². The number of rotatable bonds is 4. The zero-order valence-electron chi connectivity index (χ0n) is 15.9. The molecule has 5 rings (SSSR count). The maximum atomic E-state index is 13.4. The summed E-state index contributed by atoms with van der Waals surface area (Å²) in [6, 6.07) is 18.5. The van der Waals surface area contributed by atoms with Crippen LogP contribution in [0.1, 0.15) is 27.9 Å². The first kappa shape index (κ1) is 17.9. The minimum Gasteiger partial charge on any atom is -0.503 e. The molecule has 2 aromatic heterocycles. The van der Waals surface area contributed by atoms with E-state index in [1.165, 1.54) is 4.90 Å². The molecule has 4 aromatic rings. The number of anilines is 1. The van der Waals surface area contributed by atoms with Crippen molar-refractivity contribution in [1.82, 2.24) is 5.16 Å². The van der Waals surface area contributed by atoms with Crippen LogP contribution in [-0.2, 0) is 4.79 Å². The fraction of sp³-hybridized carbons (Fsp3) is 0.0870. The number of furan rings is 1. The minimum absolute atomic E-state index is 0.0460. The number of hydrogen-bond acceptors (Lipinski definition) is 6. The lowest BCUT2D eigenvalue weighted by Gasteiger charge is -2.24. The van der Waals surface area contributed by atoms with Crippen molar-refractivity contribution >= 4 is 28.5 Å². The van der Waals surface area contributed by atoms with E-state index in [-0.39, 0.29) is 17.2 Å². The molecule has 1 atom stereocenters. The van der Waals surface area contributed by atoms with E-state index in [1.54, 1.807) is 55.5 Å². The van der Waals surface area contributed by atoms with E-state index >= 15 is 0 Å². The highest BCUT2D eigenvalue weighted by molar-refractivity contribution is 6.20. The van der Waals surface area contributed by atoms with Crippen molar-refractivity contribution in [1.29, 1.82) is 0 Å². The molecule has 1 aliphatic heterocycles. The van der Waals surface area contributed by atoms with E-state index in [2.05, 4.69) is 5.16 Å². The van der Waals surface area contributed by atoms with E-state index in [0.717, 1.165) is 5.39 Å². The zero-order valence-corrected chi connectivity index (χ0v) is 15.9. The third-order valence-electron chi connectivity index (χ3n) is 5.08. The Morgan fingerprint density at radius 2 is 1.80 bits per heavy atom. The smallest absolute Gasteiger partial charge is 0.295 e. The number of amides is 1. The van der Waals surface area contributed by atoms with Crippen LogP contribution < -0.4 is 4.90 Å². The first-order valence-corrected chi connectivity index (χ1v) is 9.33. The molecule has 2 aromatic carbocycles. The average Bonchev–Trinajstić information content (AvgIpc) is 3.45. The molecule has 3 heterocycles. The van der Waals surface area contributed by atoms with Crippen LogP contribution in [0.2, 0.25) is 0 Å². The van der Waals surface area contributed by atoms with Crippen molar-refractivity contribution < 1.29 is 23.6 Å². The van der Waals surface area contributed by atoms with Gasteiger partial charge in [0, 0.05) is 11.5 Å². The van der Waals surface area contributed by atoms with Gasteiger partial charge in [-0.3, -0.25) is 14.5 Å². The van der Waals surface area contributed by atoms with Crippen LogP contribution in [0.25, 0.3) is 11.0 Å². The SMILES string of the molecule is Cc1cc(N2C(=O)C(O)=C(C(=O)c3cc4ccccc4o3)C2c2ccccc2)no1. The molecular formula is C23H16N2O5. The molecule has 148 valence electrons. The quantitative estimate of drug-likeness (QED) is 0.506. The maximum absolute atomic E-state index is 13.4. The topological polar surface area (TPSA) is 96.8 Å². The van der Waals surface area contributed by atoms with Crippen LogP contribution in [0.4, 0.5) is 5.82 Å². The van der Waals surface area contributed by atoms with Crippen molar-refractivity contribution in [3.05, 3.63) is 95.1 Å². The van der Waals surface area contributed by atoms with Crippen LogP contribution in [0, 0.1) is 6.92 Å². The summed E-state index contributed by atoms with van der Waals surface area (Å²) < 4.78 is 10.8. The highest BCUT2D eigenvalue weighted by atomic mass is 16.5. The number of fused-ring (bicyclic) bond motifs is 1. The third-order valence-corrected chi connectivity index (χ3v) is 5.08. The Labute approximate surface area is 170 Å². The number of hydrogen-bond donors (Lipinski definition) is 1. The van der Waals surface area contributed by atoms with Gasteiger partial charge in [0.05, 0.1) is 11.6 Å². The number of Topliss-reactive ketones (excluding diaryl/α,β-unsaturated/α-hetero) is 1. The van der Waals surface area contributed by atoms with Gasteiger partial charge in [-0.15, -0.1) is 0 Å². The summed E-state index contributed by atoms with van der Waals surface area (Å²) >= 11 is 0. The Hall–Kier alpha value is -4.13. The highest BCUT2D eigenvalue weighted by Crippen LogP contribution is 2.42. The number of aliphatic hydroxyl groups excluding tert-OH is 1. The molecule has 1 amide bonds. The summed E-state index contributed by atoms with van der Waals surface area (Å²) in [6.07, 6.45) is 0. The van der Waals surface area contributed by atoms with Crippen molar-refractivity contribution in [2.75, 3.05) is 4.90 Å². The molecule has 7 heteroatoms. The largest absolute Gasteiger partial charge is 0.503 e. The maximum Gasteiger partial charge on any atom is 0.295 e. The van der Waals surface area contributed by atoms with Gasteiger partial charge in [-0.05, 0) is 24.6 Å². The summed E-state index contributed by atoms with van der Waals surface area (Å²) in [5, 5.41) is 15.4. The number of benzene rings is 2. The van der Waals surface area contributed by atoms with E-state index < -0.39 is 23.5 Å². The van der Waals surface area contributed by atoms with Crippen LogP contribution in [-0.4, -0.2) is 22.0 Å². The van der Waals surface area contributed by atoms with E-state index in [9.17, 15) is 14.7 Å². The molecule has 0 bridgehead atoms. The van der Waals surface area contributed by atoms with Gasteiger partial charge in [0.25, 0.3) is 5.91 Å². The third kappa shape index (κ3) is 2.71. The van der Waals surface area contributed by atoms with Gasteiger partial charge in [-0.1, -0.05) is 53.7 Å². The van der Waals surface area contributed by atoms with Crippen molar-refractivity contribution in [2.45, 2.75) is 13.0 Å². The number of aliphatic hydroxyl groups is 1. The normalized spacial score (nSPS) is 16.6. The average molecular weight is 400 g/mol. The predicted molar refractivity (Wildman–Crippen MR) is 108 cm³/mol. The molecule has 1 N–H and O–H groups in total. The van der Waals surface area contributed by atoms with Crippen molar-refractivity contribution in [2.24, 2.45) is 0 Å². The predicted octanol–water partition coefficient (Wildman–Crippen LogP) is 4.51. The summed E-state index contributed by atoms with van der Waals surface area (Å²) in [5.41, 5.74) is 1.13. The second-order valence-corrected chi connectivity index (χ2v) is 7.02. The molecule has 0 saturated carbocycles. The Morgan fingerprint density at radius 1 is 1.07 bits per heavy atom. The van der Waals surface area contributed by atoms with Gasteiger partial charge < -0.3 is 14.0 Å². The number of para-hydroxylation sites is 1. The van der Waals surface area contributed by atoms with Crippen LogP contribution in [0.5, 0.6) is 0 Å². The van der Waals surface area contributed by atoms with Gasteiger partial charge in [0.2, 0.25) is 5.78 Å². The summed E-state index contributed by atoms with van der Waals surface area (Å²) in [5.74, 6) is -1.16. The molecule has 0 spiro atoms. The van der Waals surface area contributed by atoms with Crippen molar-refractivity contribution in [3.8, 4) is 0 Å². The lowest BCUT2D eigenvalue weighted by molar-refractivity contribution is -0.117. The Balaban J connectivity index is 1.66. The number of carbonyl (C=O) groups excluding carboxylic acids is 2. The standard InChI is InChI=1S/C23H16N2O5/c1-13-11-18(24-30-13)25-20(14-7-3-2-4-8-14)19(22(27)23(25)28)21(26)17-12-15-9-5-6-10-16(15)29-17/h2-12,20,27H,1H3. The number of aromatic nitrogens is 1. The van der Waals surface area contributed by atoms with E-state index in [1.807, 2.05) is 18.2 Å². The van der Waals surface area contributed by atoms with E-state index in [4.69, 9.17) is 8.94 Å². The van der Waals surface area contributed by atoms with Gasteiger partial charge in [-0.2, -0.15) is 0 Å². The second kappa shape index (κ2) is 6.73. The summed E-state index contributed by atoms with van der Waals surface area (Å²) in [7, 11) is 0. The number of nitrogens with zero attached hydrogens (tertiary/aromatic N) is 2. The van der Waals surface area contributed by atoms with Crippen molar-refractivity contribution in [3.63, 3.8) is 0 Å². The lowest BCUT2D eigenvalue weighted by Crippen LogP contribution is -2.31. The zero-order chi connectivity index (χ0) is 20.8. The van der Waals surface area contributed by atoms with Crippen LogP contribution in [0.3, 0.4) is 0 Å². The molecular weight excluding hydrogens is 384 g/mol. The number of aryl methyl sites for hydroxylation is 1. The number of carbonyl (C=O) groups is 2. The molecule has 0 radical (unpaired) electrons. The molecule has 0 fully saturated rings. The monoisotopic (exact) mass is 400 g/mol. The molecule has 1 aliphatic rings. The molecule has 0 aliphatic carbocycles. The fourth-order valence-electron chi connectivity index (χ4n) is 3.72. The first-order valence-electron chi connectivity index (χ1n) is 9.33. The Bertz CT molecular complexity index is 1280. The lowest BCUT2D eigenvalue weighted by atomic mass is 9.95. The summed E-state index contributed by atoms with van der Waals surface area (Å²) in [6.45, 7) is 1.70. The van der Waals surface area contributed by atoms with Gasteiger partial charge in [-0.25, -0.2) is 0 Å².